The van der Waals surface area contributed by atoms with Crippen LogP contribution in [0.2, 0.25) is 0 Å². The van der Waals surface area contributed by atoms with Gasteiger partial charge in [0.05, 0.1) is 0 Å². The van der Waals surface area contributed by atoms with Crippen LogP contribution in [0.4, 0.5) is 0 Å². The molecular weight excluding hydrogens is 206 g/mol. The normalized spacial score (nSPS) is 20.1. The molecule has 0 aliphatic carbocycles. The van der Waals surface area contributed by atoms with Crippen LogP contribution in [-0.4, -0.2) is 23.9 Å². The first-order valence-corrected chi connectivity index (χ1v) is 6.97. The number of rotatable bonds is 2. The lowest BCUT2D eigenvalue weighted by molar-refractivity contribution is 0.460. The van der Waals surface area contributed by atoms with Crippen LogP contribution >= 0.6 is 0 Å². The molecular formula is C12H17NOS. The molecule has 0 aromatic heterocycles. The largest absolute Gasteiger partial charge is 0.612 e. The second-order valence-electron chi connectivity index (χ2n) is 4.05. The van der Waals surface area contributed by atoms with E-state index in [1.807, 2.05) is 12.1 Å². The van der Waals surface area contributed by atoms with Gasteiger partial charge in [0.2, 0.25) is 0 Å². The molecule has 0 saturated carbocycles. The Morgan fingerprint density at radius 1 is 1.33 bits per heavy atom. The topological polar surface area (TPSA) is 35.1 Å². The van der Waals surface area contributed by atoms with Crippen molar-refractivity contribution < 1.29 is 4.55 Å². The maximum Gasteiger partial charge on any atom is 0.152 e. The van der Waals surface area contributed by atoms with Crippen molar-refractivity contribution in [3.05, 3.63) is 29.8 Å². The van der Waals surface area contributed by atoms with Crippen molar-refractivity contribution in [1.82, 2.24) is 5.32 Å². The van der Waals surface area contributed by atoms with E-state index in [1.165, 1.54) is 18.4 Å². The summed E-state index contributed by atoms with van der Waals surface area (Å²) < 4.78 is 11.4. The number of hydrogen-bond acceptors (Lipinski definition) is 2. The Kier molecular flexibility index (Phi) is 3.67. The van der Waals surface area contributed by atoms with Crippen LogP contribution in [0.3, 0.4) is 0 Å². The van der Waals surface area contributed by atoms with Crippen molar-refractivity contribution in [3.63, 3.8) is 0 Å². The first kappa shape index (κ1) is 11.0. The molecule has 82 valence electrons. The number of nitrogens with one attached hydrogen (secondary N) is 1. The SMILES string of the molecule is C[S+]([O-])c1cccc(C2CCNCC2)c1. The van der Waals surface area contributed by atoms with Gasteiger partial charge >= 0.3 is 0 Å². The summed E-state index contributed by atoms with van der Waals surface area (Å²) in [6, 6.07) is 8.23. The third kappa shape index (κ3) is 2.74. The Morgan fingerprint density at radius 2 is 2.07 bits per heavy atom. The highest BCUT2D eigenvalue weighted by molar-refractivity contribution is 7.90. The van der Waals surface area contributed by atoms with E-state index in [9.17, 15) is 4.55 Å². The van der Waals surface area contributed by atoms with Gasteiger partial charge in [-0.3, -0.25) is 0 Å². The molecule has 1 saturated heterocycles. The lowest BCUT2D eigenvalue weighted by Crippen LogP contribution is -2.26. The smallest absolute Gasteiger partial charge is 0.152 e. The minimum atomic E-state index is -0.859. The van der Waals surface area contributed by atoms with Gasteiger partial charge in [0.1, 0.15) is 6.26 Å². The molecule has 2 nitrogen and oxygen atoms in total. The van der Waals surface area contributed by atoms with E-state index in [-0.39, 0.29) is 0 Å². The van der Waals surface area contributed by atoms with Crippen LogP contribution < -0.4 is 5.32 Å². The molecule has 0 radical (unpaired) electrons. The summed E-state index contributed by atoms with van der Waals surface area (Å²) in [4.78, 5) is 0.950. The molecule has 1 aliphatic heterocycles. The lowest BCUT2D eigenvalue weighted by atomic mass is 9.90. The molecule has 1 aromatic carbocycles. The van der Waals surface area contributed by atoms with Crippen molar-refractivity contribution in [2.45, 2.75) is 23.7 Å². The predicted molar refractivity (Wildman–Crippen MR) is 63.6 cm³/mol. The highest BCUT2D eigenvalue weighted by Crippen LogP contribution is 2.26. The third-order valence-electron chi connectivity index (χ3n) is 3.00. The molecule has 1 fully saturated rings. The zero-order valence-electron chi connectivity index (χ0n) is 9.03. The maximum atomic E-state index is 11.4. The third-order valence-corrected chi connectivity index (χ3v) is 3.92. The first-order chi connectivity index (χ1) is 7.27. The van der Waals surface area contributed by atoms with Crippen molar-refractivity contribution in [3.8, 4) is 0 Å². The van der Waals surface area contributed by atoms with Gasteiger partial charge in [-0.15, -0.1) is 0 Å². The fourth-order valence-electron chi connectivity index (χ4n) is 2.10. The fourth-order valence-corrected chi connectivity index (χ4v) is 2.67. The summed E-state index contributed by atoms with van der Waals surface area (Å²) in [7, 11) is 0. The molecule has 1 aromatic rings. The molecule has 0 amide bonds. The van der Waals surface area contributed by atoms with Crippen LogP contribution in [0.15, 0.2) is 29.2 Å². The van der Waals surface area contributed by atoms with Crippen LogP contribution in [0.25, 0.3) is 0 Å². The van der Waals surface area contributed by atoms with Gasteiger partial charge in [-0.2, -0.15) is 0 Å². The molecule has 0 bridgehead atoms. The number of hydrogen-bond donors (Lipinski definition) is 1. The zero-order chi connectivity index (χ0) is 10.7. The van der Waals surface area contributed by atoms with Crippen molar-refractivity contribution in [2.75, 3.05) is 19.3 Å². The van der Waals surface area contributed by atoms with E-state index in [2.05, 4.69) is 17.4 Å². The minimum absolute atomic E-state index is 0.648. The lowest BCUT2D eigenvalue weighted by Gasteiger charge is -2.23. The molecule has 15 heavy (non-hydrogen) atoms. The van der Waals surface area contributed by atoms with E-state index in [4.69, 9.17) is 0 Å². The molecule has 3 heteroatoms. The summed E-state index contributed by atoms with van der Waals surface area (Å²) in [5, 5.41) is 3.36. The second kappa shape index (κ2) is 5.01. The molecule has 0 spiro atoms. The van der Waals surface area contributed by atoms with Crippen molar-refractivity contribution in [2.24, 2.45) is 0 Å². The molecule has 1 heterocycles. The van der Waals surface area contributed by atoms with Gasteiger partial charge < -0.3 is 9.87 Å². The van der Waals surface area contributed by atoms with Crippen LogP contribution in [0, 0.1) is 0 Å². The standard InChI is InChI=1S/C12H17NOS/c1-15(14)12-4-2-3-11(9-12)10-5-7-13-8-6-10/h2-4,9-10,13H,5-8H2,1H3. The zero-order valence-corrected chi connectivity index (χ0v) is 9.85. The Balaban J connectivity index is 2.16. The predicted octanol–water partition coefficient (Wildman–Crippen LogP) is 1.89. The van der Waals surface area contributed by atoms with Crippen LogP contribution in [0.5, 0.6) is 0 Å². The molecule has 1 aliphatic rings. The second-order valence-corrected chi connectivity index (χ2v) is 5.43. The summed E-state index contributed by atoms with van der Waals surface area (Å²) >= 11 is -0.859. The summed E-state index contributed by atoms with van der Waals surface area (Å²) in [6.07, 6.45) is 4.13. The summed E-state index contributed by atoms with van der Waals surface area (Å²) in [5.74, 6) is 0.648. The monoisotopic (exact) mass is 223 g/mol. The van der Waals surface area contributed by atoms with E-state index >= 15 is 0 Å². The van der Waals surface area contributed by atoms with E-state index in [0.717, 1.165) is 18.0 Å². The van der Waals surface area contributed by atoms with Crippen molar-refractivity contribution in [1.29, 1.82) is 0 Å². The Hall–Kier alpha value is -0.510. The van der Waals surface area contributed by atoms with Gasteiger partial charge in [-0.25, -0.2) is 0 Å². The van der Waals surface area contributed by atoms with Crippen LogP contribution in [-0.2, 0) is 11.2 Å². The molecule has 1 atom stereocenters. The van der Waals surface area contributed by atoms with Crippen LogP contribution in [0.1, 0.15) is 24.3 Å². The van der Waals surface area contributed by atoms with Gasteiger partial charge in [0.15, 0.2) is 4.90 Å². The quantitative estimate of drug-likeness (QED) is 0.777. The highest BCUT2D eigenvalue weighted by atomic mass is 32.2. The van der Waals surface area contributed by atoms with E-state index in [1.54, 1.807) is 6.26 Å². The Labute approximate surface area is 94.3 Å². The Bertz CT molecular complexity index is 321. The first-order valence-electron chi connectivity index (χ1n) is 5.41. The van der Waals surface area contributed by atoms with Gasteiger partial charge in [0.25, 0.3) is 0 Å². The molecule has 1 unspecified atom stereocenters. The summed E-state index contributed by atoms with van der Waals surface area (Å²) in [5.41, 5.74) is 1.35. The van der Waals surface area contributed by atoms with Gasteiger partial charge in [0, 0.05) is 0 Å². The molecule has 1 N–H and O–H groups in total. The van der Waals surface area contributed by atoms with Gasteiger partial charge in [-0.1, -0.05) is 12.1 Å². The van der Waals surface area contributed by atoms with Crippen molar-refractivity contribution >= 4 is 11.2 Å². The molecule has 2 rings (SSSR count). The average molecular weight is 223 g/mol. The summed E-state index contributed by atoms with van der Waals surface area (Å²) in [6.45, 7) is 2.20. The number of benzene rings is 1. The minimum Gasteiger partial charge on any atom is -0.612 e. The fraction of sp³-hybridized carbons (Fsp3) is 0.500. The highest BCUT2D eigenvalue weighted by Gasteiger charge is 2.16. The Morgan fingerprint density at radius 3 is 2.73 bits per heavy atom. The van der Waals surface area contributed by atoms with E-state index < -0.39 is 11.2 Å². The maximum absolute atomic E-state index is 11.4. The average Bonchev–Trinajstić information content (AvgIpc) is 2.30. The number of piperidine rings is 1. The van der Waals surface area contributed by atoms with E-state index in [0.29, 0.717) is 5.92 Å². The van der Waals surface area contributed by atoms with Gasteiger partial charge in [-0.05, 0) is 60.7 Å².